The summed E-state index contributed by atoms with van der Waals surface area (Å²) in [6.07, 6.45) is 4.88. The maximum atomic E-state index is 6.24. The van der Waals surface area contributed by atoms with Crippen molar-refractivity contribution >= 4 is 11.6 Å². The van der Waals surface area contributed by atoms with Crippen LogP contribution in [-0.2, 0) is 0 Å². The fourth-order valence-electron chi connectivity index (χ4n) is 1.40. The van der Waals surface area contributed by atoms with Gasteiger partial charge in [0, 0.05) is 0 Å². The quantitative estimate of drug-likeness (QED) is 0.479. The fraction of sp³-hybridized carbons (Fsp3) is 0.500. The Kier molecular flexibility index (Phi) is 4.92. The molecule has 0 aromatic heterocycles. The zero-order valence-corrected chi connectivity index (χ0v) is 8.93. The molecule has 0 N–H and O–H groups in total. The first-order valence-corrected chi connectivity index (χ1v) is 5.47. The first kappa shape index (κ1) is 10.6. The topological polar surface area (TPSA) is 0 Å². The summed E-state index contributed by atoms with van der Waals surface area (Å²) < 4.78 is 0. The second-order valence-electron chi connectivity index (χ2n) is 3.37. The summed E-state index contributed by atoms with van der Waals surface area (Å²) >= 11 is 6.24. The molecule has 1 rings (SSSR count). The Labute approximate surface area is 85.9 Å². The number of alkyl halides is 1. The van der Waals surface area contributed by atoms with Crippen molar-refractivity contribution in [2.75, 3.05) is 0 Å². The van der Waals surface area contributed by atoms with Crippen molar-refractivity contribution in [2.24, 2.45) is 0 Å². The molecule has 1 unspecified atom stereocenters. The second kappa shape index (κ2) is 6.04. The van der Waals surface area contributed by atoms with Gasteiger partial charge in [0.1, 0.15) is 0 Å². The van der Waals surface area contributed by atoms with E-state index in [4.69, 9.17) is 11.6 Å². The number of rotatable bonds is 5. The van der Waals surface area contributed by atoms with E-state index in [2.05, 4.69) is 19.1 Å². The van der Waals surface area contributed by atoms with E-state index < -0.39 is 0 Å². The molecule has 0 spiro atoms. The Morgan fingerprint density at radius 2 is 1.85 bits per heavy atom. The van der Waals surface area contributed by atoms with E-state index >= 15 is 0 Å². The van der Waals surface area contributed by atoms with Gasteiger partial charge in [-0.3, -0.25) is 0 Å². The molecule has 0 aliphatic carbocycles. The highest BCUT2D eigenvalue weighted by atomic mass is 35.5. The molecule has 0 radical (unpaired) electrons. The van der Waals surface area contributed by atoms with Crippen LogP contribution in [0.15, 0.2) is 30.3 Å². The molecule has 0 saturated heterocycles. The molecule has 1 atom stereocenters. The molecular formula is C12H17Cl. The summed E-state index contributed by atoms with van der Waals surface area (Å²) in [4.78, 5) is 0. The number of halogens is 1. The van der Waals surface area contributed by atoms with Gasteiger partial charge in [-0.05, 0) is 12.0 Å². The van der Waals surface area contributed by atoms with Crippen LogP contribution in [0.25, 0.3) is 0 Å². The molecule has 0 aliphatic rings. The first-order chi connectivity index (χ1) is 6.34. The Bertz CT molecular complexity index is 218. The van der Waals surface area contributed by atoms with Gasteiger partial charge in [0.05, 0.1) is 5.38 Å². The van der Waals surface area contributed by atoms with Gasteiger partial charge in [0.25, 0.3) is 0 Å². The standard InChI is InChI=1S/C12H17Cl/c1-2-3-5-10-12(13)11-8-6-4-7-9-11/h4,6-9,12H,2-3,5,10H2,1H3. The van der Waals surface area contributed by atoms with Gasteiger partial charge in [-0.1, -0.05) is 56.5 Å². The minimum Gasteiger partial charge on any atom is -0.118 e. The van der Waals surface area contributed by atoms with Crippen molar-refractivity contribution in [3.05, 3.63) is 35.9 Å². The molecular weight excluding hydrogens is 180 g/mol. The van der Waals surface area contributed by atoms with Crippen LogP contribution in [0.2, 0.25) is 0 Å². The highest BCUT2D eigenvalue weighted by molar-refractivity contribution is 6.20. The minimum absolute atomic E-state index is 0.202. The third-order valence-electron chi connectivity index (χ3n) is 2.22. The van der Waals surface area contributed by atoms with Gasteiger partial charge >= 0.3 is 0 Å². The summed E-state index contributed by atoms with van der Waals surface area (Å²) in [5.41, 5.74) is 1.25. The van der Waals surface area contributed by atoms with Crippen LogP contribution in [0, 0.1) is 0 Å². The smallest absolute Gasteiger partial charge is 0.0585 e. The predicted octanol–water partition coefficient (Wildman–Crippen LogP) is 4.55. The third-order valence-corrected chi connectivity index (χ3v) is 2.69. The van der Waals surface area contributed by atoms with Crippen LogP contribution < -0.4 is 0 Å². The van der Waals surface area contributed by atoms with Crippen molar-refractivity contribution in [3.8, 4) is 0 Å². The molecule has 0 heterocycles. The number of hydrogen-bond acceptors (Lipinski definition) is 0. The fourth-order valence-corrected chi connectivity index (χ4v) is 1.70. The minimum atomic E-state index is 0.202. The summed E-state index contributed by atoms with van der Waals surface area (Å²) in [6.45, 7) is 2.21. The predicted molar refractivity (Wildman–Crippen MR) is 59.2 cm³/mol. The average molecular weight is 197 g/mol. The molecule has 13 heavy (non-hydrogen) atoms. The summed E-state index contributed by atoms with van der Waals surface area (Å²) in [6, 6.07) is 10.3. The van der Waals surface area contributed by atoms with Gasteiger partial charge in [0.2, 0.25) is 0 Å². The molecule has 72 valence electrons. The normalized spacial score (nSPS) is 12.8. The van der Waals surface area contributed by atoms with E-state index in [1.807, 2.05) is 18.2 Å². The Morgan fingerprint density at radius 3 is 2.46 bits per heavy atom. The lowest BCUT2D eigenvalue weighted by Crippen LogP contribution is -1.89. The van der Waals surface area contributed by atoms with Crippen LogP contribution >= 0.6 is 11.6 Å². The molecule has 0 aliphatic heterocycles. The average Bonchev–Trinajstić information content (AvgIpc) is 2.19. The maximum Gasteiger partial charge on any atom is 0.0585 e. The van der Waals surface area contributed by atoms with Crippen molar-refractivity contribution in [2.45, 2.75) is 38.0 Å². The monoisotopic (exact) mass is 196 g/mol. The molecule has 0 nitrogen and oxygen atoms in total. The first-order valence-electron chi connectivity index (χ1n) is 5.03. The van der Waals surface area contributed by atoms with E-state index in [1.165, 1.54) is 24.8 Å². The highest BCUT2D eigenvalue weighted by Crippen LogP contribution is 2.25. The number of benzene rings is 1. The van der Waals surface area contributed by atoms with Crippen LogP contribution in [-0.4, -0.2) is 0 Å². The van der Waals surface area contributed by atoms with Crippen molar-refractivity contribution in [3.63, 3.8) is 0 Å². The van der Waals surface area contributed by atoms with Gasteiger partial charge in [-0.25, -0.2) is 0 Å². The molecule has 0 saturated carbocycles. The van der Waals surface area contributed by atoms with Crippen LogP contribution in [0.3, 0.4) is 0 Å². The molecule has 0 bridgehead atoms. The van der Waals surface area contributed by atoms with Gasteiger partial charge in [-0.2, -0.15) is 0 Å². The van der Waals surface area contributed by atoms with Crippen LogP contribution in [0.1, 0.15) is 43.5 Å². The Morgan fingerprint density at radius 1 is 1.15 bits per heavy atom. The summed E-state index contributed by atoms with van der Waals surface area (Å²) in [7, 11) is 0. The molecule has 1 aromatic carbocycles. The lowest BCUT2D eigenvalue weighted by Gasteiger charge is -2.08. The van der Waals surface area contributed by atoms with Crippen LogP contribution in [0.4, 0.5) is 0 Å². The van der Waals surface area contributed by atoms with Crippen molar-refractivity contribution in [1.29, 1.82) is 0 Å². The third kappa shape index (κ3) is 3.82. The van der Waals surface area contributed by atoms with Crippen LogP contribution in [0.5, 0.6) is 0 Å². The van der Waals surface area contributed by atoms with Crippen molar-refractivity contribution < 1.29 is 0 Å². The van der Waals surface area contributed by atoms with E-state index in [1.54, 1.807) is 0 Å². The van der Waals surface area contributed by atoms with Gasteiger partial charge in [0.15, 0.2) is 0 Å². The zero-order valence-electron chi connectivity index (χ0n) is 8.17. The van der Waals surface area contributed by atoms with E-state index in [-0.39, 0.29) is 5.38 Å². The van der Waals surface area contributed by atoms with Crippen molar-refractivity contribution in [1.82, 2.24) is 0 Å². The highest BCUT2D eigenvalue weighted by Gasteiger charge is 2.05. The second-order valence-corrected chi connectivity index (χ2v) is 3.90. The van der Waals surface area contributed by atoms with E-state index in [0.29, 0.717) is 0 Å². The van der Waals surface area contributed by atoms with Gasteiger partial charge < -0.3 is 0 Å². The number of unbranched alkanes of at least 4 members (excludes halogenated alkanes) is 2. The number of hydrogen-bond donors (Lipinski definition) is 0. The molecule has 1 aromatic rings. The molecule has 0 amide bonds. The largest absolute Gasteiger partial charge is 0.118 e. The SMILES string of the molecule is CCCCCC(Cl)c1ccccc1. The Balaban J connectivity index is 2.35. The molecule has 1 heteroatoms. The maximum absolute atomic E-state index is 6.24. The zero-order chi connectivity index (χ0) is 9.52. The molecule has 0 fully saturated rings. The van der Waals surface area contributed by atoms with E-state index in [0.717, 1.165) is 6.42 Å². The lowest BCUT2D eigenvalue weighted by atomic mass is 10.1. The lowest BCUT2D eigenvalue weighted by molar-refractivity contribution is 0.655. The summed E-state index contributed by atoms with van der Waals surface area (Å²) in [5, 5.41) is 0.202. The van der Waals surface area contributed by atoms with Gasteiger partial charge in [-0.15, -0.1) is 11.6 Å². The Hall–Kier alpha value is -0.490. The summed E-state index contributed by atoms with van der Waals surface area (Å²) in [5.74, 6) is 0. The van der Waals surface area contributed by atoms with E-state index in [9.17, 15) is 0 Å².